The van der Waals surface area contributed by atoms with Crippen molar-refractivity contribution in [3.05, 3.63) is 65.1 Å². The predicted molar refractivity (Wildman–Crippen MR) is 125 cm³/mol. The normalized spacial score (nSPS) is 21.4. The Labute approximate surface area is 188 Å². The monoisotopic (exact) mass is 455 g/mol. The van der Waals surface area contributed by atoms with Crippen LogP contribution in [-0.2, 0) is 16.4 Å². The lowest BCUT2D eigenvalue weighted by Gasteiger charge is -2.32. The zero-order valence-electron chi connectivity index (χ0n) is 18.3. The molecule has 0 amide bonds. The Balaban J connectivity index is 1.48. The third-order valence-electron chi connectivity index (χ3n) is 6.90. The molecule has 1 aliphatic carbocycles. The van der Waals surface area contributed by atoms with E-state index in [2.05, 4.69) is 21.9 Å². The zero-order chi connectivity index (χ0) is 22.3. The molecule has 0 unspecified atom stereocenters. The number of aromatic amines is 1. The number of sulfonamides is 1. The topological polar surface area (TPSA) is 74.0 Å². The van der Waals surface area contributed by atoms with E-state index in [0.717, 1.165) is 72.7 Å². The van der Waals surface area contributed by atoms with Gasteiger partial charge in [-0.25, -0.2) is 17.5 Å². The van der Waals surface area contributed by atoms with Crippen LogP contribution in [0.5, 0.6) is 0 Å². The summed E-state index contributed by atoms with van der Waals surface area (Å²) >= 11 is 0. The fraction of sp³-hybridized carbons (Fsp3) is 0.440. The molecule has 2 atom stereocenters. The number of hydrogen-bond donors (Lipinski definition) is 3. The summed E-state index contributed by atoms with van der Waals surface area (Å²) in [6.45, 7) is 2.18. The molecule has 0 saturated heterocycles. The molecule has 170 valence electrons. The lowest BCUT2D eigenvalue weighted by atomic mass is 9.88. The van der Waals surface area contributed by atoms with Crippen molar-refractivity contribution >= 4 is 20.9 Å². The predicted octanol–water partition coefficient (Wildman–Crippen LogP) is 4.93. The number of rotatable bonds is 7. The minimum Gasteiger partial charge on any atom is -0.357 e. The van der Waals surface area contributed by atoms with Gasteiger partial charge in [-0.1, -0.05) is 38.3 Å². The quantitative estimate of drug-likeness (QED) is 0.473. The first-order valence-electron chi connectivity index (χ1n) is 11.6. The van der Waals surface area contributed by atoms with Crippen molar-refractivity contribution in [3.63, 3.8) is 0 Å². The van der Waals surface area contributed by atoms with Crippen LogP contribution in [0.25, 0.3) is 10.9 Å². The summed E-state index contributed by atoms with van der Waals surface area (Å²) in [4.78, 5) is 3.79. The van der Waals surface area contributed by atoms with Crippen LogP contribution < -0.4 is 10.0 Å². The first-order chi connectivity index (χ1) is 15.4. The molecule has 2 aromatic carbocycles. The molecule has 1 fully saturated rings. The molecule has 1 aromatic heterocycles. The number of nitrogens with one attached hydrogen (secondary N) is 3. The largest absolute Gasteiger partial charge is 0.357 e. The van der Waals surface area contributed by atoms with E-state index >= 15 is 0 Å². The summed E-state index contributed by atoms with van der Waals surface area (Å²) in [5.41, 5.74) is 4.14. The van der Waals surface area contributed by atoms with Crippen LogP contribution in [0, 0.1) is 5.82 Å². The second-order valence-electron chi connectivity index (χ2n) is 9.17. The fourth-order valence-corrected chi connectivity index (χ4v) is 6.19. The van der Waals surface area contributed by atoms with Gasteiger partial charge in [0.2, 0.25) is 10.0 Å². The molecule has 3 aromatic rings. The highest BCUT2D eigenvalue weighted by molar-refractivity contribution is 7.89. The van der Waals surface area contributed by atoms with E-state index in [0.29, 0.717) is 10.9 Å². The highest BCUT2D eigenvalue weighted by Gasteiger charge is 2.31. The van der Waals surface area contributed by atoms with Crippen LogP contribution in [0.3, 0.4) is 0 Å². The molecular weight excluding hydrogens is 425 g/mol. The van der Waals surface area contributed by atoms with Gasteiger partial charge in [0.25, 0.3) is 0 Å². The van der Waals surface area contributed by atoms with E-state index in [1.807, 2.05) is 12.1 Å². The molecule has 1 aliphatic heterocycles. The highest BCUT2D eigenvalue weighted by atomic mass is 32.2. The van der Waals surface area contributed by atoms with Crippen molar-refractivity contribution in [1.29, 1.82) is 0 Å². The van der Waals surface area contributed by atoms with Crippen molar-refractivity contribution in [2.45, 2.75) is 74.9 Å². The Morgan fingerprint density at radius 2 is 1.91 bits per heavy atom. The van der Waals surface area contributed by atoms with E-state index in [4.69, 9.17) is 0 Å². The molecule has 0 bridgehead atoms. The standard InChI is InChI=1S/C25H30FN3O2S/c1-2-3-5-19-15-22-21-14-17(26)10-13-23(21)28-25(22)24(27-19)16-8-11-20(12-9-16)32(30,31)29-18-6-4-7-18/h8-14,18-19,24,27-29H,2-7,15H2,1H3/t19-,24-/m0/s1. The van der Waals surface area contributed by atoms with Crippen molar-refractivity contribution in [1.82, 2.24) is 15.0 Å². The number of H-pyrrole nitrogens is 1. The van der Waals surface area contributed by atoms with Gasteiger partial charge in [0, 0.05) is 28.7 Å². The van der Waals surface area contributed by atoms with Gasteiger partial charge in [0.1, 0.15) is 5.82 Å². The van der Waals surface area contributed by atoms with Crippen LogP contribution in [0.1, 0.15) is 68.3 Å². The Hall–Kier alpha value is -2.22. The summed E-state index contributed by atoms with van der Waals surface area (Å²) < 4.78 is 42.1. The maximum atomic E-state index is 14.0. The second-order valence-corrected chi connectivity index (χ2v) is 10.9. The van der Waals surface area contributed by atoms with Crippen molar-refractivity contribution in [2.24, 2.45) is 0 Å². The van der Waals surface area contributed by atoms with Gasteiger partial charge in [-0.3, -0.25) is 0 Å². The number of benzene rings is 2. The van der Waals surface area contributed by atoms with Gasteiger partial charge in [0.05, 0.1) is 10.9 Å². The van der Waals surface area contributed by atoms with Crippen molar-refractivity contribution in [2.75, 3.05) is 0 Å². The molecule has 7 heteroatoms. The molecule has 5 rings (SSSR count). The number of aromatic nitrogens is 1. The number of unbranched alkanes of at least 4 members (excludes halogenated alkanes) is 1. The Morgan fingerprint density at radius 1 is 1.12 bits per heavy atom. The first-order valence-corrected chi connectivity index (χ1v) is 13.1. The van der Waals surface area contributed by atoms with E-state index in [-0.39, 0.29) is 17.9 Å². The van der Waals surface area contributed by atoms with E-state index in [9.17, 15) is 12.8 Å². The third kappa shape index (κ3) is 4.09. The Bertz CT molecular complexity index is 1220. The molecular formula is C25H30FN3O2S. The average Bonchev–Trinajstić information content (AvgIpc) is 3.12. The highest BCUT2D eigenvalue weighted by Crippen LogP contribution is 2.36. The fourth-order valence-electron chi connectivity index (χ4n) is 4.88. The van der Waals surface area contributed by atoms with Crippen LogP contribution in [0.4, 0.5) is 4.39 Å². The second kappa shape index (κ2) is 8.61. The van der Waals surface area contributed by atoms with E-state index in [1.54, 1.807) is 24.3 Å². The van der Waals surface area contributed by atoms with Gasteiger partial charge in [-0.15, -0.1) is 0 Å². The summed E-state index contributed by atoms with van der Waals surface area (Å²) in [6.07, 6.45) is 7.05. The van der Waals surface area contributed by atoms with Gasteiger partial charge >= 0.3 is 0 Å². The number of hydrogen-bond acceptors (Lipinski definition) is 3. The Kier molecular flexibility index (Phi) is 5.82. The van der Waals surface area contributed by atoms with Crippen LogP contribution >= 0.6 is 0 Å². The maximum Gasteiger partial charge on any atom is 0.240 e. The van der Waals surface area contributed by atoms with Gasteiger partial charge in [0.15, 0.2) is 0 Å². The average molecular weight is 456 g/mol. The SMILES string of the molecule is CCCC[C@H]1Cc2c([nH]c3ccc(F)cc23)[C@H](c2ccc(S(=O)(=O)NC3CCC3)cc2)N1. The first kappa shape index (κ1) is 21.6. The molecule has 5 nitrogen and oxygen atoms in total. The molecule has 0 radical (unpaired) electrons. The molecule has 32 heavy (non-hydrogen) atoms. The minimum absolute atomic E-state index is 0.0633. The van der Waals surface area contributed by atoms with Gasteiger partial charge < -0.3 is 10.3 Å². The third-order valence-corrected chi connectivity index (χ3v) is 8.44. The molecule has 2 aliphatic rings. The van der Waals surface area contributed by atoms with Crippen LogP contribution in [0.15, 0.2) is 47.4 Å². The van der Waals surface area contributed by atoms with Gasteiger partial charge in [-0.2, -0.15) is 0 Å². The summed E-state index contributed by atoms with van der Waals surface area (Å²) in [5.74, 6) is -0.229. The Morgan fingerprint density at radius 3 is 2.59 bits per heavy atom. The van der Waals surface area contributed by atoms with Crippen molar-refractivity contribution < 1.29 is 12.8 Å². The van der Waals surface area contributed by atoms with E-state index in [1.165, 1.54) is 6.07 Å². The lowest BCUT2D eigenvalue weighted by Crippen LogP contribution is -2.40. The summed E-state index contributed by atoms with van der Waals surface area (Å²) in [7, 11) is -3.50. The summed E-state index contributed by atoms with van der Waals surface area (Å²) in [6, 6.07) is 12.3. The van der Waals surface area contributed by atoms with E-state index < -0.39 is 10.0 Å². The lowest BCUT2D eigenvalue weighted by molar-refractivity contribution is 0.383. The zero-order valence-corrected chi connectivity index (χ0v) is 19.1. The van der Waals surface area contributed by atoms with Crippen LogP contribution in [0.2, 0.25) is 0 Å². The summed E-state index contributed by atoms with van der Waals surface area (Å²) in [5, 5.41) is 4.70. The smallest absolute Gasteiger partial charge is 0.240 e. The van der Waals surface area contributed by atoms with Crippen LogP contribution in [-0.4, -0.2) is 25.5 Å². The number of halogens is 1. The maximum absolute atomic E-state index is 14.0. The molecule has 2 heterocycles. The molecule has 1 saturated carbocycles. The molecule has 0 spiro atoms. The number of fused-ring (bicyclic) bond motifs is 3. The van der Waals surface area contributed by atoms with Crippen molar-refractivity contribution in [3.8, 4) is 0 Å². The molecule has 3 N–H and O–H groups in total. The minimum atomic E-state index is -3.50. The van der Waals surface area contributed by atoms with Gasteiger partial charge in [-0.05, 0) is 67.1 Å².